The maximum Gasteiger partial charge on any atom is 0.342 e. The highest BCUT2D eigenvalue weighted by atomic mass is 19.1. The Morgan fingerprint density at radius 2 is 2.29 bits per heavy atom. The van der Waals surface area contributed by atoms with Crippen molar-refractivity contribution in [2.24, 2.45) is 0 Å². The zero-order chi connectivity index (χ0) is 12.6. The number of carboxylic acids is 1. The van der Waals surface area contributed by atoms with Gasteiger partial charge in [-0.05, 0) is 30.8 Å². The SMILES string of the molecule is CNC(C(=O)O)N1C(=O)Cc2cc(F)ccc21. The summed E-state index contributed by atoms with van der Waals surface area (Å²) in [7, 11) is 1.45. The topological polar surface area (TPSA) is 69.6 Å². The number of hydrogen-bond acceptors (Lipinski definition) is 3. The van der Waals surface area contributed by atoms with E-state index >= 15 is 0 Å². The van der Waals surface area contributed by atoms with Gasteiger partial charge < -0.3 is 5.11 Å². The Kier molecular flexibility index (Phi) is 2.81. The minimum Gasteiger partial charge on any atom is -0.479 e. The van der Waals surface area contributed by atoms with Crippen LogP contribution in [0.3, 0.4) is 0 Å². The molecule has 0 fully saturated rings. The fourth-order valence-electron chi connectivity index (χ4n) is 1.96. The van der Waals surface area contributed by atoms with Crippen molar-refractivity contribution < 1.29 is 19.1 Å². The summed E-state index contributed by atoms with van der Waals surface area (Å²) in [5, 5.41) is 11.5. The van der Waals surface area contributed by atoms with Crippen molar-refractivity contribution in [1.82, 2.24) is 5.32 Å². The first-order valence-corrected chi connectivity index (χ1v) is 5.05. The summed E-state index contributed by atoms with van der Waals surface area (Å²) in [5.41, 5.74) is 0.953. The predicted octanol–water partition coefficient (Wildman–Crippen LogP) is 0.345. The van der Waals surface area contributed by atoms with Gasteiger partial charge >= 0.3 is 5.97 Å². The smallest absolute Gasteiger partial charge is 0.342 e. The third kappa shape index (κ3) is 1.87. The van der Waals surface area contributed by atoms with Crippen molar-refractivity contribution in [3.05, 3.63) is 29.6 Å². The van der Waals surface area contributed by atoms with Gasteiger partial charge in [0.1, 0.15) is 5.82 Å². The van der Waals surface area contributed by atoms with E-state index in [0.717, 1.165) is 4.90 Å². The summed E-state index contributed by atoms with van der Waals surface area (Å²) in [6.45, 7) is 0. The molecule has 5 nitrogen and oxygen atoms in total. The number of fused-ring (bicyclic) bond motifs is 1. The number of nitrogens with zero attached hydrogens (tertiary/aromatic N) is 1. The summed E-state index contributed by atoms with van der Waals surface area (Å²) in [6.07, 6.45) is -1.10. The maximum absolute atomic E-state index is 13.0. The molecule has 17 heavy (non-hydrogen) atoms. The molecule has 0 aromatic heterocycles. The molecule has 6 heteroatoms. The van der Waals surface area contributed by atoms with Gasteiger partial charge in [0.25, 0.3) is 0 Å². The Morgan fingerprint density at radius 3 is 2.88 bits per heavy atom. The molecular formula is C11H11FN2O3. The number of benzene rings is 1. The molecule has 0 saturated heterocycles. The lowest BCUT2D eigenvalue weighted by Crippen LogP contribution is -2.51. The van der Waals surface area contributed by atoms with Crippen LogP contribution in [0.1, 0.15) is 5.56 Å². The molecule has 1 unspecified atom stereocenters. The van der Waals surface area contributed by atoms with Crippen molar-refractivity contribution in [3.8, 4) is 0 Å². The fourth-order valence-corrected chi connectivity index (χ4v) is 1.96. The third-order valence-electron chi connectivity index (χ3n) is 2.68. The second-order valence-electron chi connectivity index (χ2n) is 3.74. The first-order valence-electron chi connectivity index (χ1n) is 5.05. The molecule has 1 atom stereocenters. The second kappa shape index (κ2) is 4.14. The van der Waals surface area contributed by atoms with Crippen LogP contribution in [0.25, 0.3) is 0 Å². The van der Waals surface area contributed by atoms with E-state index in [-0.39, 0.29) is 12.3 Å². The number of likely N-dealkylation sites (N-methyl/N-ethyl adjacent to an activating group) is 1. The molecule has 0 bridgehead atoms. The summed E-state index contributed by atoms with van der Waals surface area (Å²) >= 11 is 0. The van der Waals surface area contributed by atoms with Gasteiger partial charge in [-0.2, -0.15) is 0 Å². The van der Waals surface area contributed by atoms with Crippen LogP contribution in [0, 0.1) is 5.82 Å². The van der Waals surface area contributed by atoms with Crippen LogP contribution in [0.4, 0.5) is 10.1 Å². The zero-order valence-corrected chi connectivity index (χ0v) is 9.11. The van der Waals surface area contributed by atoms with E-state index in [0.29, 0.717) is 11.3 Å². The van der Waals surface area contributed by atoms with Crippen LogP contribution in [-0.4, -0.2) is 30.2 Å². The Labute approximate surface area is 96.8 Å². The normalized spacial score (nSPS) is 15.9. The van der Waals surface area contributed by atoms with Crippen LogP contribution >= 0.6 is 0 Å². The standard InChI is InChI=1S/C11H11FN2O3/c1-13-10(11(16)17)14-8-3-2-7(12)4-6(8)5-9(14)15/h2-4,10,13H,5H2,1H3,(H,16,17). The van der Waals surface area contributed by atoms with Gasteiger partial charge in [0, 0.05) is 5.69 Å². The van der Waals surface area contributed by atoms with E-state index in [4.69, 9.17) is 5.11 Å². The van der Waals surface area contributed by atoms with Crippen LogP contribution in [0.5, 0.6) is 0 Å². The van der Waals surface area contributed by atoms with Crippen molar-refractivity contribution in [3.63, 3.8) is 0 Å². The molecule has 1 aromatic rings. The monoisotopic (exact) mass is 238 g/mol. The Bertz CT molecular complexity index is 490. The Morgan fingerprint density at radius 1 is 1.59 bits per heavy atom. The molecule has 1 aromatic carbocycles. The molecule has 1 aliphatic heterocycles. The highest BCUT2D eigenvalue weighted by Crippen LogP contribution is 2.30. The van der Waals surface area contributed by atoms with Crippen LogP contribution in [0.2, 0.25) is 0 Å². The fraction of sp³-hybridized carbons (Fsp3) is 0.273. The number of amides is 1. The first kappa shape index (κ1) is 11.5. The number of halogens is 1. The largest absolute Gasteiger partial charge is 0.479 e. The number of hydrogen-bond donors (Lipinski definition) is 2. The number of rotatable bonds is 3. The molecule has 1 aliphatic rings. The van der Waals surface area contributed by atoms with Crippen molar-refractivity contribution >= 4 is 17.6 Å². The van der Waals surface area contributed by atoms with Crippen LogP contribution in [0.15, 0.2) is 18.2 Å². The molecule has 0 spiro atoms. The van der Waals surface area contributed by atoms with Crippen LogP contribution < -0.4 is 10.2 Å². The number of aliphatic carboxylic acids is 1. The van der Waals surface area contributed by atoms with Crippen molar-refractivity contribution in [1.29, 1.82) is 0 Å². The number of carbonyl (C=O) groups is 2. The molecule has 1 heterocycles. The molecule has 0 saturated carbocycles. The van der Waals surface area contributed by atoms with Crippen molar-refractivity contribution in [2.45, 2.75) is 12.6 Å². The average Bonchev–Trinajstić information content (AvgIpc) is 2.55. The van der Waals surface area contributed by atoms with E-state index in [1.165, 1.54) is 25.2 Å². The summed E-state index contributed by atoms with van der Waals surface area (Å²) in [6, 6.07) is 3.88. The number of nitrogens with one attached hydrogen (secondary N) is 1. The van der Waals surface area contributed by atoms with Gasteiger partial charge in [-0.3, -0.25) is 15.0 Å². The van der Waals surface area contributed by atoms with E-state index in [9.17, 15) is 14.0 Å². The molecule has 1 amide bonds. The van der Waals surface area contributed by atoms with Gasteiger partial charge in [-0.15, -0.1) is 0 Å². The Hall–Kier alpha value is -1.95. The van der Waals surface area contributed by atoms with E-state index in [2.05, 4.69) is 5.32 Å². The van der Waals surface area contributed by atoms with Crippen molar-refractivity contribution in [2.75, 3.05) is 11.9 Å². The van der Waals surface area contributed by atoms with Gasteiger partial charge in [-0.25, -0.2) is 9.18 Å². The summed E-state index contributed by atoms with van der Waals surface area (Å²) in [4.78, 5) is 23.9. The van der Waals surface area contributed by atoms with Gasteiger partial charge in [0.05, 0.1) is 6.42 Å². The van der Waals surface area contributed by atoms with Gasteiger partial charge in [-0.1, -0.05) is 0 Å². The molecule has 0 radical (unpaired) electrons. The average molecular weight is 238 g/mol. The molecule has 0 aliphatic carbocycles. The highest BCUT2D eigenvalue weighted by Gasteiger charge is 2.36. The lowest BCUT2D eigenvalue weighted by atomic mass is 10.1. The molecule has 90 valence electrons. The van der Waals surface area contributed by atoms with E-state index < -0.39 is 18.0 Å². The molecule has 2 N–H and O–H groups in total. The summed E-state index contributed by atoms with van der Waals surface area (Å²) in [5.74, 6) is -1.94. The van der Waals surface area contributed by atoms with Crippen LogP contribution in [-0.2, 0) is 16.0 Å². The third-order valence-corrected chi connectivity index (χ3v) is 2.68. The molecular weight excluding hydrogens is 227 g/mol. The lowest BCUT2D eigenvalue weighted by Gasteiger charge is -2.24. The van der Waals surface area contributed by atoms with E-state index in [1.54, 1.807) is 0 Å². The highest BCUT2D eigenvalue weighted by molar-refractivity contribution is 6.05. The number of carbonyl (C=O) groups excluding carboxylic acids is 1. The molecule has 2 rings (SSSR count). The Balaban J connectivity index is 2.44. The van der Waals surface area contributed by atoms with Gasteiger partial charge in [0.2, 0.25) is 5.91 Å². The van der Waals surface area contributed by atoms with E-state index in [1.807, 2.05) is 0 Å². The summed E-state index contributed by atoms with van der Waals surface area (Å²) < 4.78 is 13.0. The number of anilines is 1. The quantitative estimate of drug-likeness (QED) is 0.797. The minimum atomic E-state index is -1.15. The zero-order valence-electron chi connectivity index (χ0n) is 9.11. The lowest BCUT2D eigenvalue weighted by molar-refractivity contribution is -0.140. The first-order chi connectivity index (χ1) is 8.04. The number of carboxylic acid groups (broad SMARTS) is 1. The minimum absolute atomic E-state index is 0.0263. The maximum atomic E-state index is 13.0. The second-order valence-corrected chi connectivity index (χ2v) is 3.74. The predicted molar refractivity (Wildman–Crippen MR) is 58.1 cm³/mol. The van der Waals surface area contributed by atoms with Gasteiger partial charge in [0.15, 0.2) is 6.17 Å².